The van der Waals surface area contributed by atoms with Gasteiger partial charge in [-0.15, -0.1) is 12.6 Å². The zero-order chi connectivity index (χ0) is 6.85. The van der Waals surface area contributed by atoms with Gasteiger partial charge in [0.1, 0.15) is 11.6 Å². The molecule has 1 N–H and O–H groups in total. The number of thiol groups is 1. The van der Waals surface area contributed by atoms with E-state index in [9.17, 15) is 4.39 Å². The average molecular weight is 152 g/mol. The summed E-state index contributed by atoms with van der Waals surface area (Å²) in [4.78, 5) is 0. The highest BCUT2D eigenvalue weighted by Crippen LogP contribution is 2.24. The largest absolute Gasteiger partial charge is 0.394 e. The number of rotatable bonds is 1. The minimum Gasteiger partial charge on any atom is -0.394 e. The van der Waals surface area contributed by atoms with Gasteiger partial charge in [0, 0.05) is 6.42 Å². The molecule has 4 heteroatoms. The van der Waals surface area contributed by atoms with Crippen LogP contribution in [-0.4, -0.2) is 29.4 Å². The van der Waals surface area contributed by atoms with Crippen molar-refractivity contribution in [2.45, 2.75) is 24.1 Å². The van der Waals surface area contributed by atoms with Crippen LogP contribution in [0.25, 0.3) is 0 Å². The van der Waals surface area contributed by atoms with Gasteiger partial charge in [-0.3, -0.25) is 0 Å². The zero-order valence-electron chi connectivity index (χ0n) is 4.83. The summed E-state index contributed by atoms with van der Waals surface area (Å²) in [6.07, 6.45) is -1.10. The quantitative estimate of drug-likeness (QED) is 0.531. The van der Waals surface area contributed by atoms with Crippen molar-refractivity contribution in [3.8, 4) is 0 Å². The molecule has 0 aromatic rings. The first-order valence-corrected chi connectivity index (χ1v) is 3.34. The maximum absolute atomic E-state index is 12.4. The van der Waals surface area contributed by atoms with E-state index in [2.05, 4.69) is 12.6 Å². The van der Waals surface area contributed by atoms with Crippen molar-refractivity contribution in [1.82, 2.24) is 0 Å². The maximum Gasteiger partial charge on any atom is 0.138 e. The third kappa shape index (κ3) is 1.56. The summed E-state index contributed by atoms with van der Waals surface area (Å²) >= 11 is 3.79. The molecule has 1 saturated heterocycles. The first-order valence-electron chi connectivity index (χ1n) is 2.82. The maximum atomic E-state index is 12.4. The van der Waals surface area contributed by atoms with Gasteiger partial charge < -0.3 is 9.84 Å². The molecule has 1 aliphatic heterocycles. The lowest BCUT2D eigenvalue weighted by atomic mass is 10.2. The molecule has 0 aromatic heterocycles. The summed E-state index contributed by atoms with van der Waals surface area (Å²) in [5, 5.41) is 8.48. The number of ether oxygens (including phenoxy) is 1. The molecule has 0 saturated carbocycles. The Labute approximate surface area is 58.4 Å². The van der Waals surface area contributed by atoms with E-state index in [0.29, 0.717) is 0 Å². The highest BCUT2D eigenvalue weighted by Gasteiger charge is 2.32. The van der Waals surface area contributed by atoms with Crippen LogP contribution in [0.5, 0.6) is 0 Å². The molecule has 0 bridgehead atoms. The van der Waals surface area contributed by atoms with Crippen LogP contribution in [0.15, 0.2) is 0 Å². The van der Waals surface area contributed by atoms with Crippen molar-refractivity contribution in [3.05, 3.63) is 0 Å². The van der Waals surface area contributed by atoms with Crippen molar-refractivity contribution >= 4 is 12.6 Å². The summed E-state index contributed by atoms with van der Waals surface area (Å²) in [7, 11) is 0. The van der Waals surface area contributed by atoms with E-state index in [1.807, 2.05) is 0 Å². The van der Waals surface area contributed by atoms with Crippen LogP contribution in [0.1, 0.15) is 6.42 Å². The predicted octanol–water partition coefficient (Wildman–Crippen LogP) is 0.362. The van der Waals surface area contributed by atoms with Crippen LogP contribution in [0.3, 0.4) is 0 Å². The number of alkyl halides is 1. The molecule has 1 rings (SSSR count). The number of halogens is 1. The predicted molar refractivity (Wildman–Crippen MR) is 34.2 cm³/mol. The highest BCUT2D eigenvalue weighted by molar-refractivity contribution is 7.80. The van der Waals surface area contributed by atoms with E-state index in [-0.39, 0.29) is 19.1 Å². The van der Waals surface area contributed by atoms with Crippen LogP contribution >= 0.6 is 12.6 Å². The van der Waals surface area contributed by atoms with Crippen molar-refractivity contribution in [1.29, 1.82) is 0 Å². The van der Waals surface area contributed by atoms with Gasteiger partial charge in [0.2, 0.25) is 0 Å². The Balaban J connectivity index is 2.35. The first kappa shape index (κ1) is 7.31. The van der Waals surface area contributed by atoms with Crippen LogP contribution in [0, 0.1) is 0 Å². The van der Waals surface area contributed by atoms with Gasteiger partial charge in [0.15, 0.2) is 0 Å². The summed E-state index contributed by atoms with van der Waals surface area (Å²) in [6.45, 7) is -0.114. The zero-order valence-corrected chi connectivity index (χ0v) is 5.72. The first-order chi connectivity index (χ1) is 4.24. The molecule has 0 aromatic carbocycles. The lowest BCUT2D eigenvalue weighted by molar-refractivity contribution is 0.0423. The summed E-state index contributed by atoms with van der Waals surface area (Å²) < 4.78 is 17.3. The lowest BCUT2D eigenvalue weighted by Gasteiger charge is -2.04. The van der Waals surface area contributed by atoms with Gasteiger partial charge in [-0.05, 0) is 0 Å². The molecule has 0 radical (unpaired) electrons. The van der Waals surface area contributed by atoms with Crippen molar-refractivity contribution < 1.29 is 14.2 Å². The van der Waals surface area contributed by atoms with Crippen molar-refractivity contribution in [2.75, 3.05) is 6.61 Å². The molecule has 3 unspecified atom stereocenters. The van der Waals surface area contributed by atoms with Crippen LogP contribution in [0.2, 0.25) is 0 Å². The third-order valence-electron chi connectivity index (χ3n) is 1.33. The Morgan fingerprint density at radius 3 is 2.67 bits per heavy atom. The van der Waals surface area contributed by atoms with E-state index in [1.165, 1.54) is 0 Å². The van der Waals surface area contributed by atoms with Crippen molar-refractivity contribution in [2.24, 2.45) is 0 Å². The molecule has 54 valence electrons. The second-order valence-electron chi connectivity index (χ2n) is 2.08. The third-order valence-corrected chi connectivity index (χ3v) is 1.78. The number of hydrogen-bond donors (Lipinski definition) is 2. The monoisotopic (exact) mass is 152 g/mol. The van der Waals surface area contributed by atoms with E-state index in [0.717, 1.165) is 0 Å². The lowest BCUT2D eigenvalue weighted by Crippen LogP contribution is -2.11. The Bertz CT molecular complexity index is 91.0. The summed E-state index contributed by atoms with van der Waals surface area (Å²) in [5.74, 6) is 0. The molecule has 0 amide bonds. The molecule has 1 aliphatic rings. The van der Waals surface area contributed by atoms with Gasteiger partial charge in [-0.1, -0.05) is 0 Å². The van der Waals surface area contributed by atoms with Gasteiger partial charge in [-0.25, -0.2) is 4.39 Å². The fourth-order valence-electron chi connectivity index (χ4n) is 0.823. The average Bonchev–Trinajstić information content (AvgIpc) is 2.13. The Morgan fingerprint density at radius 2 is 2.44 bits per heavy atom. The molecule has 3 atom stereocenters. The van der Waals surface area contributed by atoms with E-state index in [4.69, 9.17) is 9.84 Å². The fourth-order valence-corrected chi connectivity index (χ4v) is 1.12. The number of aliphatic hydroxyl groups excluding tert-OH is 1. The van der Waals surface area contributed by atoms with E-state index >= 15 is 0 Å². The highest BCUT2D eigenvalue weighted by atomic mass is 32.1. The fraction of sp³-hybridized carbons (Fsp3) is 1.00. The second-order valence-corrected chi connectivity index (χ2v) is 2.59. The minimum absolute atomic E-state index is 0.114. The van der Waals surface area contributed by atoms with Crippen LogP contribution < -0.4 is 0 Å². The van der Waals surface area contributed by atoms with Crippen LogP contribution in [0.4, 0.5) is 4.39 Å². The normalized spacial score (nSPS) is 43.7. The smallest absolute Gasteiger partial charge is 0.138 e. The molecular formula is C5H9FO2S. The molecule has 1 fully saturated rings. The van der Waals surface area contributed by atoms with Gasteiger partial charge in [0.05, 0.1) is 12.7 Å². The van der Waals surface area contributed by atoms with Gasteiger partial charge >= 0.3 is 0 Å². The van der Waals surface area contributed by atoms with E-state index < -0.39 is 11.6 Å². The molecule has 0 aliphatic carbocycles. The topological polar surface area (TPSA) is 29.5 Å². The molecule has 2 nitrogen and oxygen atoms in total. The number of hydrogen-bond acceptors (Lipinski definition) is 3. The second kappa shape index (κ2) is 2.86. The summed E-state index contributed by atoms with van der Waals surface area (Å²) in [6, 6.07) is 0. The summed E-state index contributed by atoms with van der Waals surface area (Å²) in [5.41, 5.74) is -0.637. The standard InChI is InChI=1S/C5H9FO2S/c6-4-1-3(2-7)8-5(4)9/h3-5,7,9H,1-2H2. The molecule has 9 heavy (non-hydrogen) atoms. The Morgan fingerprint density at radius 1 is 1.78 bits per heavy atom. The minimum atomic E-state index is -1.02. The number of aliphatic hydroxyl groups is 1. The SMILES string of the molecule is OCC1CC(F)C(S)O1. The van der Waals surface area contributed by atoms with Gasteiger partial charge in [-0.2, -0.15) is 0 Å². The van der Waals surface area contributed by atoms with Crippen LogP contribution in [-0.2, 0) is 4.74 Å². The molecular weight excluding hydrogens is 143 g/mol. The van der Waals surface area contributed by atoms with E-state index in [1.54, 1.807) is 0 Å². The molecule has 1 heterocycles. The molecule has 0 spiro atoms. The Hall–Kier alpha value is 0.200. The van der Waals surface area contributed by atoms with Crippen molar-refractivity contribution in [3.63, 3.8) is 0 Å². The Kier molecular flexibility index (Phi) is 2.32. The van der Waals surface area contributed by atoms with Gasteiger partial charge in [0.25, 0.3) is 0 Å².